The van der Waals surface area contributed by atoms with Gasteiger partial charge in [0, 0.05) is 37.9 Å². The summed E-state index contributed by atoms with van der Waals surface area (Å²) in [6, 6.07) is 33.8. The molecule has 0 aliphatic heterocycles. The van der Waals surface area contributed by atoms with Crippen LogP contribution in [0.25, 0.3) is 44.5 Å². The van der Waals surface area contributed by atoms with Crippen molar-refractivity contribution < 1.29 is 24.5 Å². The van der Waals surface area contributed by atoms with E-state index in [2.05, 4.69) is 105 Å². The predicted octanol–water partition coefficient (Wildman–Crippen LogP) is 10.3. The first-order valence-corrected chi connectivity index (χ1v) is 19.0. The molecule has 1 aliphatic rings. The Hall–Kier alpha value is -3.37. The number of fused-ring (bicyclic) bond motifs is 3. The largest absolute Gasteiger partial charge is 0.501 e. The molecule has 0 atom stereocenters. The third-order valence-corrected chi connectivity index (χ3v) is 10.6. The molecule has 1 aliphatic carbocycles. The standard InChI is InChI=1S/C25H26NOSi.C14H14N.Ir/c1-28(2,3)19-12-13-20-21-9-6-10-22(25(21)27-24(20)15-19)23-14-11-18(16-26-23)17-7-4-5-8-17;1-11(2)13-8-9-14(15-10-13)12-6-4-3-5-7-12;/h6,9,11-17H,4-5,7-8H2,1-3H3;3-6,8-11H,1-2H3;/q2*-1;. The Labute approximate surface area is 276 Å². The number of pyridine rings is 2. The van der Waals surface area contributed by atoms with E-state index in [4.69, 9.17) is 9.40 Å². The molecule has 1 radical (unpaired) electrons. The molecular weight excluding hydrogens is 733 g/mol. The van der Waals surface area contributed by atoms with Crippen LogP contribution in [0.2, 0.25) is 19.6 Å². The van der Waals surface area contributed by atoms with Gasteiger partial charge in [0.1, 0.15) is 5.58 Å². The number of benzene rings is 3. The normalized spacial score (nSPS) is 13.6. The van der Waals surface area contributed by atoms with Gasteiger partial charge in [-0.2, -0.15) is 0 Å². The second-order valence-corrected chi connectivity index (χ2v) is 18.1. The predicted molar refractivity (Wildman–Crippen MR) is 183 cm³/mol. The van der Waals surface area contributed by atoms with Crippen molar-refractivity contribution in [2.45, 2.75) is 71.0 Å². The van der Waals surface area contributed by atoms with E-state index in [1.165, 1.54) is 47.4 Å². The maximum Gasteiger partial charge on any atom is 0.120 e. The maximum atomic E-state index is 6.35. The SMILES string of the molecule is CC(C)c1ccc(-c2[c-]cccc2)nc1.C[Si](C)(C)c1ccc2c(c1)oc1c(-c3ccc(C4CCCC4)cn3)[c-]ccc12.[Ir]. The molecule has 3 nitrogen and oxygen atoms in total. The minimum Gasteiger partial charge on any atom is -0.501 e. The molecule has 7 rings (SSSR count). The second kappa shape index (κ2) is 13.7. The molecule has 3 aromatic carbocycles. The molecule has 227 valence electrons. The van der Waals surface area contributed by atoms with Crippen molar-refractivity contribution in [1.82, 2.24) is 9.97 Å². The van der Waals surface area contributed by atoms with Crippen molar-refractivity contribution in [2.75, 3.05) is 0 Å². The van der Waals surface area contributed by atoms with Crippen LogP contribution in [0.1, 0.15) is 62.5 Å². The maximum absolute atomic E-state index is 6.35. The van der Waals surface area contributed by atoms with Crippen LogP contribution in [0.3, 0.4) is 0 Å². The van der Waals surface area contributed by atoms with Crippen molar-refractivity contribution in [3.63, 3.8) is 0 Å². The average molecular weight is 773 g/mol. The molecule has 0 amide bonds. The molecule has 5 heteroatoms. The fourth-order valence-corrected chi connectivity index (χ4v) is 7.06. The monoisotopic (exact) mass is 773 g/mol. The third-order valence-electron chi connectivity index (χ3n) is 8.61. The Kier molecular flexibility index (Phi) is 9.99. The number of rotatable bonds is 5. The Morgan fingerprint density at radius 3 is 2.20 bits per heavy atom. The molecule has 1 fully saturated rings. The Balaban J connectivity index is 0.000000204. The summed E-state index contributed by atoms with van der Waals surface area (Å²) in [5.41, 5.74) is 8.45. The summed E-state index contributed by atoms with van der Waals surface area (Å²) < 4.78 is 6.35. The molecule has 0 spiro atoms. The molecule has 1 saturated carbocycles. The van der Waals surface area contributed by atoms with Crippen molar-refractivity contribution in [2.24, 2.45) is 0 Å². The fraction of sp³-hybridized carbons (Fsp3) is 0.282. The number of hydrogen-bond donors (Lipinski definition) is 0. The van der Waals surface area contributed by atoms with E-state index in [0.29, 0.717) is 11.8 Å². The molecule has 3 aromatic heterocycles. The average Bonchev–Trinajstić information content (AvgIpc) is 3.70. The van der Waals surface area contributed by atoms with Crippen LogP contribution in [0.4, 0.5) is 0 Å². The smallest absolute Gasteiger partial charge is 0.120 e. The summed E-state index contributed by atoms with van der Waals surface area (Å²) in [5, 5.41) is 3.74. The Bertz CT molecular complexity index is 1820. The molecule has 0 bridgehead atoms. The van der Waals surface area contributed by atoms with Gasteiger partial charge in [-0.1, -0.05) is 98.9 Å². The number of hydrogen-bond acceptors (Lipinski definition) is 3. The van der Waals surface area contributed by atoms with E-state index >= 15 is 0 Å². The van der Waals surface area contributed by atoms with Crippen molar-refractivity contribution in [3.05, 3.63) is 115 Å². The van der Waals surface area contributed by atoms with Gasteiger partial charge in [-0.15, -0.1) is 54.1 Å². The van der Waals surface area contributed by atoms with E-state index in [0.717, 1.165) is 39.1 Å². The Morgan fingerprint density at radius 1 is 0.795 bits per heavy atom. The van der Waals surface area contributed by atoms with Crippen molar-refractivity contribution in [3.8, 4) is 22.5 Å². The first-order valence-electron chi connectivity index (χ1n) is 15.5. The van der Waals surface area contributed by atoms with Crippen LogP contribution >= 0.6 is 0 Å². The van der Waals surface area contributed by atoms with Crippen molar-refractivity contribution in [1.29, 1.82) is 0 Å². The Morgan fingerprint density at radius 2 is 1.57 bits per heavy atom. The molecule has 44 heavy (non-hydrogen) atoms. The van der Waals surface area contributed by atoms with E-state index in [1.54, 1.807) is 0 Å². The van der Waals surface area contributed by atoms with Crippen LogP contribution < -0.4 is 5.19 Å². The van der Waals surface area contributed by atoms with Crippen molar-refractivity contribution >= 4 is 35.2 Å². The van der Waals surface area contributed by atoms with Crippen LogP contribution in [-0.4, -0.2) is 18.0 Å². The minimum atomic E-state index is -1.38. The van der Waals surface area contributed by atoms with E-state index < -0.39 is 8.07 Å². The van der Waals surface area contributed by atoms with Gasteiger partial charge < -0.3 is 14.4 Å². The summed E-state index contributed by atoms with van der Waals surface area (Å²) in [4.78, 5) is 9.23. The summed E-state index contributed by atoms with van der Waals surface area (Å²) in [7, 11) is -1.38. The molecule has 0 saturated heterocycles. The molecule has 3 heterocycles. The number of nitrogens with zero attached hydrogens (tertiary/aromatic N) is 2. The number of furan rings is 1. The summed E-state index contributed by atoms with van der Waals surface area (Å²) >= 11 is 0. The zero-order chi connectivity index (χ0) is 30.0. The summed E-state index contributed by atoms with van der Waals surface area (Å²) in [6.07, 6.45) is 9.29. The van der Waals surface area contributed by atoms with Crippen LogP contribution in [-0.2, 0) is 20.1 Å². The zero-order valence-electron chi connectivity index (χ0n) is 26.3. The molecule has 6 aromatic rings. The molecular formula is C39H40IrN2OSi-2. The van der Waals surface area contributed by atoms with E-state index in [9.17, 15) is 0 Å². The van der Waals surface area contributed by atoms with Gasteiger partial charge in [0.05, 0.1) is 13.7 Å². The van der Waals surface area contributed by atoms with Gasteiger partial charge in [0.2, 0.25) is 0 Å². The van der Waals surface area contributed by atoms with Gasteiger partial charge in [0.25, 0.3) is 0 Å². The molecule has 0 unspecified atom stereocenters. The van der Waals surface area contributed by atoms with Crippen LogP contribution in [0.5, 0.6) is 0 Å². The number of aromatic nitrogens is 2. The fourth-order valence-electron chi connectivity index (χ4n) is 5.91. The second-order valence-electron chi connectivity index (χ2n) is 13.0. The van der Waals surface area contributed by atoms with Gasteiger partial charge in [-0.05, 0) is 53.3 Å². The quantitative estimate of drug-likeness (QED) is 0.129. The van der Waals surface area contributed by atoms with E-state index in [-0.39, 0.29) is 20.1 Å². The van der Waals surface area contributed by atoms with Crippen LogP contribution in [0, 0.1) is 12.1 Å². The van der Waals surface area contributed by atoms with Gasteiger partial charge in [-0.25, -0.2) is 0 Å². The summed E-state index contributed by atoms with van der Waals surface area (Å²) in [5.74, 6) is 1.22. The first kappa shape index (κ1) is 32.0. The van der Waals surface area contributed by atoms with Gasteiger partial charge in [-0.3, -0.25) is 0 Å². The van der Waals surface area contributed by atoms with Gasteiger partial charge >= 0.3 is 0 Å². The minimum absolute atomic E-state index is 0. The third kappa shape index (κ3) is 6.96. The van der Waals surface area contributed by atoms with E-state index in [1.807, 2.05) is 36.5 Å². The zero-order valence-corrected chi connectivity index (χ0v) is 29.7. The topological polar surface area (TPSA) is 38.9 Å². The first-order chi connectivity index (χ1) is 20.8. The summed E-state index contributed by atoms with van der Waals surface area (Å²) in [6.45, 7) is 11.4. The van der Waals surface area contributed by atoms with Gasteiger partial charge in [0.15, 0.2) is 0 Å². The van der Waals surface area contributed by atoms with Crippen LogP contribution in [0.15, 0.2) is 95.7 Å². The molecule has 0 N–H and O–H groups in total.